The van der Waals surface area contributed by atoms with Gasteiger partial charge in [0.1, 0.15) is 0 Å². The van der Waals surface area contributed by atoms with Crippen LogP contribution in [0.5, 0.6) is 0 Å². The molecule has 0 spiro atoms. The van der Waals surface area contributed by atoms with E-state index in [0.717, 1.165) is 6.54 Å². The normalized spacial score (nSPS) is 11.8. The van der Waals surface area contributed by atoms with Gasteiger partial charge in [-0.2, -0.15) is 0 Å². The Hall–Kier alpha value is -0.470. The van der Waals surface area contributed by atoms with Crippen LogP contribution in [0.2, 0.25) is 0 Å². The zero-order valence-corrected chi connectivity index (χ0v) is 11.2. The first kappa shape index (κ1) is 12.6. The van der Waals surface area contributed by atoms with Crippen LogP contribution in [0, 0.1) is 6.92 Å². The van der Waals surface area contributed by atoms with Crippen molar-refractivity contribution in [3.05, 3.63) is 29.3 Å². The van der Waals surface area contributed by atoms with Crippen molar-refractivity contribution in [1.29, 1.82) is 0 Å². The van der Waals surface area contributed by atoms with Gasteiger partial charge in [-0.05, 0) is 51.1 Å². The number of rotatable bonds is 3. The van der Waals surface area contributed by atoms with Crippen molar-refractivity contribution < 1.29 is 0 Å². The van der Waals surface area contributed by atoms with Gasteiger partial charge in [0.15, 0.2) is 0 Å². The van der Waals surface area contributed by atoms with Crippen molar-refractivity contribution in [2.75, 3.05) is 6.26 Å². The first-order valence-corrected chi connectivity index (χ1v) is 6.53. The zero-order valence-electron chi connectivity index (χ0n) is 10.3. The second-order valence-corrected chi connectivity index (χ2v) is 5.76. The molecule has 0 amide bonds. The lowest BCUT2D eigenvalue weighted by Crippen LogP contribution is -2.35. The molecule has 1 N–H and O–H groups in total. The van der Waals surface area contributed by atoms with Gasteiger partial charge < -0.3 is 5.32 Å². The van der Waals surface area contributed by atoms with Crippen LogP contribution in [-0.4, -0.2) is 11.8 Å². The number of benzene rings is 1. The SMILES string of the molecule is CSc1ccc(CNC(C)(C)C)cc1C. The summed E-state index contributed by atoms with van der Waals surface area (Å²) in [4.78, 5) is 1.37. The smallest absolute Gasteiger partial charge is 0.0210 e. The molecule has 0 atom stereocenters. The number of nitrogens with one attached hydrogen (secondary N) is 1. The van der Waals surface area contributed by atoms with Gasteiger partial charge in [-0.25, -0.2) is 0 Å². The molecule has 1 aromatic carbocycles. The predicted octanol–water partition coefficient (Wildman–Crippen LogP) is 3.61. The van der Waals surface area contributed by atoms with Crippen LogP contribution in [-0.2, 0) is 6.54 Å². The second-order valence-electron chi connectivity index (χ2n) is 4.91. The van der Waals surface area contributed by atoms with Crippen LogP contribution in [0.3, 0.4) is 0 Å². The number of aryl methyl sites for hydroxylation is 1. The third-order valence-electron chi connectivity index (χ3n) is 2.28. The molecule has 0 unspecified atom stereocenters. The van der Waals surface area contributed by atoms with Crippen LogP contribution >= 0.6 is 11.8 Å². The molecule has 0 radical (unpaired) electrons. The van der Waals surface area contributed by atoms with E-state index in [4.69, 9.17) is 0 Å². The monoisotopic (exact) mass is 223 g/mol. The summed E-state index contributed by atoms with van der Waals surface area (Å²) < 4.78 is 0. The lowest BCUT2D eigenvalue weighted by Gasteiger charge is -2.20. The average Bonchev–Trinajstić information content (AvgIpc) is 2.14. The highest BCUT2D eigenvalue weighted by Crippen LogP contribution is 2.20. The summed E-state index contributed by atoms with van der Waals surface area (Å²) in [6.45, 7) is 9.69. The molecule has 1 rings (SSSR count). The molecule has 0 aliphatic rings. The van der Waals surface area contributed by atoms with Crippen molar-refractivity contribution in [2.24, 2.45) is 0 Å². The molecule has 15 heavy (non-hydrogen) atoms. The molecule has 0 fully saturated rings. The van der Waals surface area contributed by atoms with E-state index < -0.39 is 0 Å². The first-order valence-electron chi connectivity index (χ1n) is 5.31. The Morgan fingerprint density at radius 3 is 2.40 bits per heavy atom. The van der Waals surface area contributed by atoms with Crippen LogP contribution in [0.4, 0.5) is 0 Å². The van der Waals surface area contributed by atoms with Gasteiger partial charge in [0.05, 0.1) is 0 Å². The Balaban J connectivity index is 2.68. The van der Waals surface area contributed by atoms with Crippen LogP contribution in [0.25, 0.3) is 0 Å². The molecular weight excluding hydrogens is 202 g/mol. The van der Waals surface area contributed by atoms with Gasteiger partial charge >= 0.3 is 0 Å². The van der Waals surface area contributed by atoms with E-state index in [1.807, 2.05) is 11.8 Å². The van der Waals surface area contributed by atoms with Crippen molar-refractivity contribution in [2.45, 2.75) is 44.7 Å². The number of thioether (sulfide) groups is 1. The molecule has 1 nitrogen and oxygen atoms in total. The molecule has 2 heteroatoms. The van der Waals surface area contributed by atoms with Crippen molar-refractivity contribution in [3.8, 4) is 0 Å². The van der Waals surface area contributed by atoms with Gasteiger partial charge in [-0.15, -0.1) is 11.8 Å². The molecule has 0 saturated carbocycles. The second kappa shape index (κ2) is 5.04. The lowest BCUT2D eigenvalue weighted by atomic mass is 10.1. The van der Waals surface area contributed by atoms with E-state index in [1.165, 1.54) is 16.0 Å². The molecule has 0 bridgehead atoms. The number of hydrogen-bond donors (Lipinski definition) is 1. The van der Waals surface area contributed by atoms with Gasteiger partial charge in [0, 0.05) is 17.0 Å². The fourth-order valence-corrected chi connectivity index (χ4v) is 2.00. The van der Waals surface area contributed by atoms with Crippen LogP contribution < -0.4 is 5.32 Å². The first-order chi connectivity index (χ1) is 6.92. The molecule has 0 heterocycles. The highest BCUT2D eigenvalue weighted by atomic mass is 32.2. The maximum atomic E-state index is 3.50. The van der Waals surface area contributed by atoms with Gasteiger partial charge in [0.2, 0.25) is 0 Å². The minimum Gasteiger partial charge on any atom is -0.308 e. The topological polar surface area (TPSA) is 12.0 Å². The van der Waals surface area contributed by atoms with E-state index in [9.17, 15) is 0 Å². The minimum absolute atomic E-state index is 0.187. The van der Waals surface area contributed by atoms with Gasteiger partial charge in [-0.3, -0.25) is 0 Å². The molecule has 0 saturated heterocycles. The average molecular weight is 223 g/mol. The van der Waals surface area contributed by atoms with Gasteiger partial charge in [0.25, 0.3) is 0 Å². The van der Waals surface area contributed by atoms with Crippen molar-refractivity contribution in [3.63, 3.8) is 0 Å². The Labute approximate surface area is 97.7 Å². The fraction of sp³-hybridized carbons (Fsp3) is 0.538. The minimum atomic E-state index is 0.187. The Bertz CT molecular complexity index is 326. The highest BCUT2D eigenvalue weighted by Gasteiger charge is 2.08. The largest absolute Gasteiger partial charge is 0.308 e. The summed E-state index contributed by atoms with van der Waals surface area (Å²) in [6.07, 6.45) is 2.12. The summed E-state index contributed by atoms with van der Waals surface area (Å²) in [5.41, 5.74) is 2.92. The zero-order chi connectivity index (χ0) is 11.5. The summed E-state index contributed by atoms with van der Waals surface area (Å²) in [7, 11) is 0. The summed E-state index contributed by atoms with van der Waals surface area (Å²) in [5.74, 6) is 0. The van der Waals surface area contributed by atoms with Crippen molar-refractivity contribution >= 4 is 11.8 Å². The summed E-state index contributed by atoms with van der Waals surface area (Å²) in [5, 5.41) is 3.50. The van der Waals surface area contributed by atoms with Crippen LogP contribution in [0.1, 0.15) is 31.9 Å². The number of hydrogen-bond acceptors (Lipinski definition) is 2. The highest BCUT2D eigenvalue weighted by molar-refractivity contribution is 7.98. The van der Waals surface area contributed by atoms with E-state index in [-0.39, 0.29) is 5.54 Å². The molecule has 84 valence electrons. The molecular formula is C13H21NS. The maximum absolute atomic E-state index is 3.50. The Kier molecular flexibility index (Phi) is 4.23. The van der Waals surface area contributed by atoms with Gasteiger partial charge in [-0.1, -0.05) is 12.1 Å². The lowest BCUT2D eigenvalue weighted by molar-refractivity contribution is 0.424. The molecule has 0 aromatic heterocycles. The third kappa shape index (κ3) is 4.27. The fourth-order valence-electron chi connectivity index (χ4n) is 1.42. The van der Waals surface area contributed by atoms with E-state index in [1.54, 1.807) is 0 Å². The van der Waals surface area contributed by atoms with E-state index in [2.05, 4.69) is 57.5 Å². The molecule has 0 aliphatic carbocycles. The van der Waals surface area contributed by atoms with E-state index in [0.29, 0.717) is 0 Å². The Morgan fingerprint density at radius 1 is 1.27 bits per heavy atom. The standard InChI is InChI=1S/C13H21NS/c1-10-8-11(6-7-12(10)15-5)9-14-13(2,3)4/h6-8,14H,9H2,1-5H3. The third-order valence-corrected chi connectivity index (χ3v) is 3.18. The summed E-state index contributed by atoms with van der Waals surface area (Å²) >= 11 is 1.81. The maximum Gasteiger partial charge on any atom is 0.0210 e. The molecule has 0 aliphatic heterocycles. The molecule has 1 aromatic rings. The van der Waals surface area contributed by atoms with Crippen LogP contribution in [0.15, 0.2) is 23.1 Å². The van der Waals surface area contributed by atoms with Crippen molar-refractivity contribution in [1.82, 2.24) is 5.32 Å². The van der Waals surface area contributed by atoms with E-state index >= 15 is 0 Å². The predicted molar refractivity (Wildman–Crippen MR) is 69.6 cm³/mol. The summed E-state index contributed by atoms with van der Waals surface area (Å²) in [6, 6.07) is 6.68. The quantitative estimate of drug-likeness (QED) is 0.786. The Morgan fingerprint density at radius 2 is 1.93 bits per heavy atom.